The molecule has 0 spiro atoms. The van der Waals surface area contributed by atoms with Crippen LogP contribution in [0.5, 0.6) is 0 Å². The summed E-state index contributed by atoms with van der Waals surface area (Å²) < 4.78 is 5.51. The van der Waals surface area contributed by atoms with E-state index in [9.17, 15) is 9.59 Å². The van der Waals surface area contributed by atoms with Crippen LogP contribution >= 0.6 is 0 Å². The van der Waals surface area contributed by atoms with Crippen molar-refractivity contribution >= 4 is 28.5 Å². The summed E-state index contributed by atoms with van der Waals surface area (Å²) in [4.78, 5) is 32.0. The molecule has 0 radical (unpaired) electrons. The number of nitrogens with one attached hydrogen (secondary N) is 2. The monoisotopic (exact) mass is 320 g/mol. The Bertz CT molecular complexity index is 1050. The van der Waals surface area contributed by atoms with Gasteiger partial charge < -0.3 is 15.1 Å². The fourth-order valence-corrected chi connectivity index (χ4v) is 2.39. The lowest BCUT2D eigenvalue weighted by molar-refractivity contribution is 0.623. The molecule has 4 aromatic rings. The third-order valence-corrected chi connectivity index (χ3v) is 3.61. The van der Waals surface area contributed by atoms with Gasteiger partial charge in [0.25, 0.3) is 16.9 Å². The van der Waals surface area contributed by atoms with Crippen molar-refractivity contribution in [3.63, 3.8) is 0 Å². The lowest BCUT2D eigenvalue weighted by Crippen LogP contribution is -2.36. The van der Waals surface area contributed by atoms with Crippen molar-refractivity contribution in [2.45, 2.75) is 6.54 Å². The van der Waals surface area contributed by atoms with Crippen LogP contribution in [0.3, 0.4) is 0 Å². The first-order chi connectivity index (χ1) is 11.7. The predicted molar refractivity (Wildman–Crippen MR) is 90.2 cm³/mol. The summed E-state index contributed by atoms with van der Waals surface area (Å²) in [5, 5.41) is 5.72. The normalized spacial score (nSPS) is 11.0. The van der Waals surface area contributed by atoms with Gasteiger partial charge in [-0.05, 0) is 24.3 Å². The van der Waals surface area contributed by atoms with Crippen molar-refractivity contribution in [1.82, 2.24) is 9.97 Å². The lowest BCUT2D eigenvalue weighted by Gasteiger charge is -2.12. The van der Waals surface area contributed by atoms with Gasteiger partial charge in [-0.25, -0.2) is 0 Å². The van der Waals surface area contributed by atoms with E-state index in [0.717, 1.165) is 5.69 Å². The van der Waals surface area contributed by atoms with Crippen LogP contribution in [-0.2, 0) is 6.54 Å². The predicted octanol–water partition coefficient (Wildman–Crippen LogP) is 2.17. The molecular weight excluding hydrogens is 308 g/mol. The van der Waals surface area contributed by atoms with Crippen LogP contribution in [0.25, 0.3) is 11.1 Å². The molecule has 0 atom stereocenters. The molecule has 0 aliphatic heterocycles. The molecule has 0 aliphatic rings. The molecule has 7 heteroatoms. The van der Waals surface area contributed by atoms with E-state index < -0.39 is 10.9 Å². The number of hydrogen-bond donors (Lipinski definition) is 2. The third-order valence-electron chi connectivity index (χ3n) is 3.61. The van der Waals surface area contributed by atoms with E-state index in [4.69, 9.17) is 4.42 Å². The van der Waals surface area contributed by atoms with E-state index in [2.05, 4.69) is 20.6 Å². The number of fused-ring (bicyclic) bond motifs is 1. The van der Waals surface area contributed by atoms with Gasteiger partial charge in [0.15, 0.2) is 5.58 Å². The number of hydrogen-bond acceptors (Lipinski definition) is 7. The number of pyridine rings is 1. The van der Waals surface area contributed by atoms with Crippen LogP contribution in [0.2, 0.25) is 0 Å². The number of oxazole rings is 1. The molecule has 4 rings (SSSR count). The largest absolute Gasteiger partial charge is 0.423 e. The molecule has 24 heavy (non-hydrogen) atoms. The van der Waals surface area contributed by atoms with Crippen molar-refractivity contribution in [2.75, 3.05) is 10.6 Å². The highest BCUT2D eigenvalue weighted by Gasteiger charge is 2.22. The average Bonchev–Trinajstić information content (AvgIpc) is 3.04. The summed E-state index contributed by atoms with van der Waals surface area (Å²) in [5.41, 5.74) is 1.24. The maximum Gasteiger partial charge on any atom is 0.300 e. The molecule has 2 N–H and O–H groups in total. The van der Waals surface area contributed by atoms with Crippen molar-refractivity contribution in [3.05, 3.63) is 74.8 Å². The van der Waals surface area contributed by atoms with E-state index in [1.165, 1.54) is 0 Å². The maximum absolute atomic E-state index is 11.8. The van der Waals surface area contributed by atoms with Crippen molar-refractivity contribution in [1.29, 1.82) is 0 Å². The van der Waals surface area contributed by atoms with E-state index in [0.29, 0.717) is 17.6 Å². The Morgan fingerprint density at radius 2 is 1.75 bits per heavy atom. The van der Waals surface area contributed by atoms with E-state index in [1.807, 2.05) is 24.3 Å². The van der Waals surface area contributed by atoms with Crippen LogP contribution in [0.15, 0.2) is 62.7 Å². The molecule has 2 aromatic carbocycles. The minimum atomic E-state index is -0.597. The Kier molecular flexibility index (Phi) is 3.31. The molecule has 118 valence electrons. The molecule has 0 bridgehead atoms. The van der Waals surface area contributed by atoms with Gasteiger partial charge in [0, 0.05) is 6.20 Å². The molecule has 0 saturated heterocycles. The van der Waals surface area contributed by atoms with Gasteiger partial charge in [-0.2, -0.15) is 4.98 Å². The highest BCUT2D eigenvalue weighted by atomic mass is 16.4. The minimum Gasteiger partial charge on any atom is -0.423 e. The SMILES string of the molecule is O=c1c(NCc2ccccn2)c(Nc2nc3ccccc3o2)c1=O. The van der Waals surface area contributed by atoms with Gasteiger partial charge in [0.2, 0.25) is 0 Å². The topological polar surface area (TPSA) is 97.1 Å². The first-order valence-corrected chi connectivity index (χ1v) is 7.32. The highest BCUT2D eigenvalue weighted by Crippen LogP contribution is 2.24. The number of aromatic nitrogens is 2. The number of benzene rings is 1. The zero-order valence-corrected chi connectivity index (χ0v) is 12.4. The molecule has 0 saturated carbocycles. The Labute approximate surface area is 135 Å². The van der Waals surface area contributed by atoms with Gasteiger partial charge >= 0.3 is 0 Å². The smallest absolute Gasteiger partial charge is 0.300 e. The van der Waals surface area contributed by atoms with Crippen LogP contribution in [0.4, 0.5) is 17.4 Å². The Morgan fingerprint density at radius 3 is 2.54 bits per heavy atom. The zero-order chi connectivity index (χ0) is 16.5. The fraction of sp³-hybridized carbons (Fsp3) is 0.0588. The summed E-state index contributed by atoms with van der Waals surface area (Å²) in [7, 11) is 0. The van der Waals surface area contributed by atoms with Crippen LogP contribution in [-0.4, -0.2) is 9.97 Å². The molecule has 0 fully saturated rings. The maximum atomic E-state index is 11.8. The summed E-state index contributed by atoms with van der Waals surface area (Å²) in [6.07, 6.45) is 1.66. The highest BCUT2D eigenvalue weighted by molar-refractivity contribution is 5.79. The van der Waals surface area contributed by atoms with Gasteiger partial charge in [0.05, 0.1) is 12.2 Å². The second-order valence-electron chi connectivity index (χ2n) is 5.19. The molecule has 7 nitrogen and oxygen atoms in total. The fourth-order valence-electron chi connectivity index (χ4n) is 2.39. The van der Waals surface area contributed by atoms with Gasteiger partial charge in [-0.1, -0.05) is 18.2 Å². The quantitative estimate of drug-likeness (QED) is 0.544. The summed E-state index contributed by atoms with van der Waals surface area (Å²) in [6.45, 7) is 0.341. The molecule has 2 aromatic heterocycles. The first kappa shape index (κ1) is 14.1. The third kappa shape index (κ3) is 2.41. The first-order valence-electron chi connectivity index (χ1n) is 7.32. The van der Waals surface area contributed by atoms with E-state index in [1.54, 1.807) is 24.4 Å². The number of anilines is 3. The van der Waals surface area contributed by atoms with Crippen LogP contribution in [0.1, 0.15) is 5.69 Å². The molecular formula is C17H12N4O3. The summed E-state index contributed by atoms with van der Waals surface area (Å²) >= 11 is 0. The number of nitrogens with zero attached hydrogens (tertiary/aromatic N) is 2. The number of rotatable bonds is 5. The molecule has 2 heterocycles. The molecule has 0 amide bonds. The summed E-state index contributed by atoms with van der Waals surface area (Å²) in [6, 6.07) is 12.9. The van der Waals surface area contributed by atoms with Gasteiger partial charge in [-0.3, -0.25) is 14.6 Å². The minimum absolute atomic E-state index is 0.155. The van der Waals surface area contributed by atoms with E-state index >= 15 is 0 Å². The second kappa shape index (κ2) is 5.62. The standard InChI is InChI=1S/C17H12N4O3/c22-15-13(19-9-10-5-3-4-8-18-10)14(16(15)23)21-17-20-11-6-1-2-7-12(11)24-17/h1-8,19H,9H2,(H,20,21). The van der Waals surface area contributed by atoms with Crippen LogP contribution < -0.4 is 21.5 Å². The Morgan fingerprint density at radius 1 is 0.958 bits per heavy atom. The van der Waals surface area contributed by atoms with Crippen molar-refractivity contribution < 1.29 is 4.42 Å². The van der Waals surface area contributed by atoms with Crippen LogP contribution in [0, 0.1) is 0 Å². The second-order valence-corrected chi connectivity index (χ2v) is 5.19. The Balaban J connectivity index is 1.56. The average molecular weight is 320 g/mol. The Hall–Kier alpha value is -3.48. The lowest BCUT2D eigenvalue weighted by atomic mass is 10.2. The van der Waals surface area contributed by atoms with Crippen molar-refractivity contribution in [3.8, 4) is 0 Å². The molecule has 0 unspecified atom stereocenters. The van der Waals surface area contributed by atoms with Crippen molar-refractivity contribution in [2.24, 2.45) is 0 Å². The number of para-hydroxylation sites is 2. The van der Waals surface area contributed by atoms with Gasteiger partial charge in [0.1, 0.15) is 16.9 Å². The summed E-state index contributed by atoms with van der Waals surface area (Å²) in [5.74, 6) is 0. The zero-order valence-electron chi connectivity index (χ0n) is 12.4. The van der Waals surface area contributed by atoms with Gasteiger partial charge in [-0.15, -0.1) is 0 Å². The molecule has 0 aliphatic carbocycles. The van der Waals surface area contributed by atoms with E-state index in [-0.39, 0.29) is 17.4 Å².